The molecule has 2 rings (SSSR count). The topological polar surface area (TPSA) is 41.6 Å². The highest BCUT2D eigenvalue weighted by Crippen LogP contribution is 2.12. The average Bonchev–Trinajstić information content (AvgIpc) is 2.70. The fraction of sp³-hybridized carbons (Fsp3) is 0.462. The van der Waals surface area contributed by atoms with Crippen molar-refractivity contribution < 1.29 is 9.53 Å². The first-order chi connectivity index (χ1) is 8.20. The summed E-state index contributed by atoms with van der Waals surface area (Å²) in [7, 11) is 3.35. The van der Waals surface area contributed by atoms with Gasteiger partial charge in [0.2, 0.25) is 0 Å². The smallest absolute Gasteiger partial charge is 0.338 e. The van der Waals surface area contributed by atoms with Crippen molar-refractivity contribution in [3.05, 3.63) is 35.9 Å². The van der Waals surface area contributed by atoms with Crippen LogP contribution in [0.2, 0.25) is 0 Å². The number of ether oxygens (including phenoxy) is 1. The summed E-state index contributed by atoms with van der Waals surface area (Å²) in [4.78, 5) is 13.5. The van der Waals surface area contributed by atoms with Crippen molar-refractivity contribution in [1.29, 1.82) is 0 Å². The monoisotopic (exact) mass is 234 g/mol. The van der Waals surface area contributed by atoms with Crippen molar-refractivity contribution in [3.63, 3.8) is 0 Å². The molecule has 0 saturated carbocycles. The number of likely N-dealkylation sites (N-methyl/N-ethyl adjacent to an activating group) is 1. The van der Waals surface area contributed by atoms with E-state index in [1.165, 1.54) is 12.7 Å². The lowest BCUT2D eigenvalue weighted by Crippen LogP contribution is -2.42. The molecule has 1 unspecified atom stereocenters. The van der Waals surface area contributed by atoms with Gasteiger partial charge in [0.25, 0.3) is 0 Å². The van der Waals surface area contributed by atoms with E-state index in [1.807, 2.05) is 30.1 Å². The number of hydrogen-bond acceptors (Lipinski definition) is 4. The van der Waals surface area contributed by atoms with Crippen molar-refractivity contribution >= 4 is 5.97 Å². The van der Waals surface area contributed by atoms with E-state index in [2.05, 4.69) is 17.4 Å². The predicted octanol–water partition coefficient (Wildman–Crippen LogP) is 0.632. The van der Waals surface area contributed by atoms with Gasteiger partial charge in [-0.3, -0.25) is 10.2 Å². The number of carbonyl (C=O) groups is 1. The molecule has 0 radical (unpaired) electrons. The first-order valence-electron chi connectivity index (χ1n) is 5.78. The number of carbonyl (C=O) groups excluding carboxylic acids is 1. The van der Waals surface area contributed by atoms with Crippen molar-refractivity contribution in [1.82, 2.24) is 10.2 Å². The number of hydrogen-bond donors (Lipinski definition) is 1. The molecule has 92 valence electrons. The van der Waals surface area contributed by atoms with Crippen molar-refractivity contribution in [2.75, 3.05) is 20.7 Å². The molecule has 1 aromatic carbocycles. The highest BCUT2D eigenvalue weighted by molar-refractivity contribution is 5.75. The van der Waals surface area contributed by atoms with Crippen molar-refractivity contribution in [2.45, 2.75) is 18.6 Å². The Labute approximate surface area is 102 Å². The molecular weight excluding hydrogens is 216 g/mol. The van der Waals surface area contributed by atoms with Gasteiger partial charge in [-0.2, -0.15) is 0 Å². The Morgan fingerprint density at radius 1 is 1.47 bits per heavy atom. The molecule has 1 aromatic rings. The highest BCUT2D eigenvalue weighted by atomic mass is 16.5. The fourth-order valence-electron chi connectivity index (χ4n) is 2.24. The second-order valence-corrected chi connectivity index (χ2v) is 4.42. The van der Waals surface area contributed by atoms with Crippen LogP contribution in [0.3, 0.4) is 0 Å². The molecule has 1 N–H and O–H groups in total. The van der Waals surface area contributed by atoms with Gasteiger partial charge in [-0.25, -0.2) is 4.79 Å². The summed E-state index contributed by atoms with van der Waals surface area (Å²) in [6.07, 6.45) is 0.618. The second-order valence-electron chi connectivity index (χ2n) is 4.42. The summed E-state index contributed by atoms with van der Waals surface area (Å²) < 4.78 is 4.76. The molecule has 1 heterocycles. The van der Waals surface area contributed by atoms with E-state index in [4.69, 9.17) is 4.74 Å². The molecule has 1 saturated heterocycles. The largest absolute Gasteiger partial charge is 0.467 e. The number of rotatable bonds is 3. The van der Waals surface area contributed by atoms with Crippen LogP contribution in [-0.2, 0) is 16.0 Å². The average molecular weight is 234 g/mol. The van der Waals surface area contributed by atoms with Gasteiger partial charge < -0.3 is 4.74 Å². The molecule has 1 aliphatic rings. The van der Waals surface area contributed by atoms with E-state index in [0.717, 1.165) is 13.0 Å². The van der Waals surface area contributed by atoms with Gasteiger partial charge >= 0.3 is 5.97 Å². The summed E-state index contributed by atoms with van der Waals surface area (Å²) in [5.74, 6) is -0.219. The lowest BCUT2D eigenvalue weighted by molar-refractivity contribution is -0.146. The van der Waals surface area contributed by atoms with Crippen LogP contribution in [0, 0.1) is 0 Å². The third-order valence-corrected chi connectivity index (χ3v) is 3.09. The first-order valence-corrected chi connectivity index (χ1v) is 5.78. The van der Waals surface area contributed by atoms with Gasteiger partial charge in [0, 0.05) is 12.6 Å². The maximum absolute atomic E-state index is 11.5. The SMILES string of the molecule is COC(=O)C1N[C@@H](Cc2ccccc2)CN1C. The molecule has 0 bridgehead atoms. The molecule has 2 atom stereocenters. The zero-order valence-electron chi connectivity index (χ0n) is 10.2. The van der Waals surface area contributed by atoms with Gasteiger partial charge in [0.15, 0.2) is 6.17 Å². The summed E-state index contributed by atoms with van der Waals surface area (Å²) in [5, 5.41) is 3.29. The van der Waals surface area contributed by atoms with E-state index in [-0.39, 0.29) is 12.1 Å². The number of nitrogens with one attached hydrogen (secondary N) is 1. The molecule has 4 heteroatoms. The number of benzene rings is 1. The highest BCUT2D eigenvalue weighted by Gasteiger charge is 2.34. The zero-order chi connectivity index (χ0) is 12.3. The van der Waals surface area contributed by atoms with E-state index in [1.54, 1.807) is 0 Å². The molecule has 17 heavy (non-hydrogen) atoms. The van der Waals surface area contributed by atoms with Gasteiger partial charge in [-0.15, -0.1) is 0 Å². The Balaban J connectivity index is 1.95. The van der Waals surface area contributed by atoms with Crippen LogP contribution >= 0.6 is 0 Å². The molecule has 1 fully saturated rings. The molecule has 0 spiro atoms. The summed E-state index contributed by atoms with van der Waals surface area (Å²) in [6.45, 7) is 0.856. The van der Waals surface area contributed by atoms with Crippen LogP contribution in [0.15, 0.2) is 30.3 Å². The zero-order valence-corrected chi connectivity index (χ0v) is 10.2. The first kappa shape index (κ1) is 12.1. The van der Waals surface area contributed by atoms with Crippen LogP contribution in [0.25, 0.3) is 0 Å². The van der Waals surface area contributed by atoms with Crippen LogP contribution < -0.4 is 5.32 Å². The van der Waals surface area contributed by atoms with Crippen LogP contribution in [-0.4, -0.2) is 43.8 Å². The Kier molecular flexibility index (Phi) is 3.76. The minimum absolute atomic E-state index is 0.219. The van der Waals surface area contributed by atoms with E-state index >= 15 is 0 Å². The maximum Gasteiger partial charge on any atom is 0.338 e. The Bertz CT molecular complexity index is 380. The summed E-state index contributed by atoms with van der Waals surface area (Å²) >= 11 is 0. The van der Waals surface area contributed by atoms with E-state index < -0.39 is 0 Å². The van der Waals surface area contributed by atoms with E-state index in [0.29, 0.717) is 6.04 Å². The normalized spacial score (nSPS) is 24.8. The quantitative estimate of drug-likeness (QED) is 0.779. The summed E-state index contributed by atoms with van der Waals surface area (Å²) in [6, 6.07) is 10.6. The maximum atomic E-state index is 11.5. The Hall–Kier alpha value is -1.39. The second kappa shape index (κ2) is 5.29. The minimum Gasteiger partial charge on any atom is -0.467 e. The Morgan fingerprint density at radius 2 is 2.18 bits per heavy atom. The minimum atomic E-state index is -0.311. The molecular formula is C13H18N2O2. The number of nitrogens with zero attached hydrogens (tertiary/aromatic N) is 1. The molecule has 0 aromatic heterocycles. The third kappa shape index (κ3) is 2.84. The molecule has 4 nitrogen and oxygen atoms in total. The predicted molar refractivity (Wildman–Crippen MR) is 65.5 cm³/mol. The fourth-order valence-corrected chi connectivity index (χ4v) is 2.24. The van der Waals surface area contributed by atoms with Gasteiger partial charge in [-0.05, 0) is 19.0 Å². The van der Waals surface area contributed by atoms with Gasteiger partial charge in [0.1, 0.15) is 0 Å². The van der Waals surface area contributed by atoms with Crippen molar-refractivity contribution in [3.8, 4) is 0 Å². The van der Waals surface area contributed by atoms with Gasteiger partial charge in [-0.1, -0.05) is 30.3 Å². The molecule has 1 aliphatic heterocycles. The summed E-state index contributed by atoms with van der Waals surface area (Å²) in [5.41, 5.74) is 1.28. The van der Waals surface area contributed by atoms with Gasteiger partial charge in [0.05, 0.1) is 7.11 Å². The van der Waals surface area contributed by atoms with Crippen molar-refractivity contribution in [2.24, 2.45) is 0 Å². The van der Waals surface area contributed by atoms with E-state index in [9.17, 15) is 4.79 Å². The molecule has 0 aliphatic carbocycles. The number of esters is 1. The van der Waals surface area contributed by atoms with Crippen LogP contribution in [0.5, 0.6) is 0 Å². The third-order valence-electron chi connectivity index (χ3n) is 3.09. The Morgan fingerprint density at radius 3 is 2.82 bits per heavy atom. The lowest BCUT2D eigenvalue weighted by atomic mass is 10.1. The lowest BCUT2D eigenvalue weighted by Gasteiger charge is -2.15. The molecule has 0 amide bonds. The standard InChI is InChI=1S/C13H18N2O2/c1-15-9-11(14-12(15)13(16)17-2)8-10-6-4-3-5-7-10/h3-7,11-12,14H,8-9H2,1-2H3/t11-,12?/m0/s1. The van der Waals surface area contributed by atoms with Crippen LogP contribution in [0.4, 0.5) is 0 Å². The van der Waals surface area contributed by atoms with Crippen LogP contribution in [0.1, 0.15) is 5.56 Å². The number of methoxy groups -OCH3 is 1.